The molecule has 0 atom stereocenters. The molecule has 2 aromatic rings. The molecule has 1 amide bonds. The van der Waals surface area contributed by atoms with Crippen LogP contribution in [0, 0.1) is 0 Å². The number of carbonyl (C=O) groups excluding carboxylic acids is 1. The van der Waals surface area contributed by atoms with Crippen molar-refractivity contribution in [1.82, 2.24) is 0 Å². The van der Waals surface area contributed by atoms with Gasteiger partial charge in [0.1, 0.15) is 0 Å². The molecule has 0 heterocycles. The SMILES string of the molecule is CC(C)c1ccccc1NC(=O)CNc1ccc(C(F)(F)F)cc1. The van der Waals surface area contributed by atoms with E-state index in [0.29, 0.717) is 5.69 Å². The number of carbonyl (C=O) groups is 1. The Morgan fingerprint density at radius 3 is 2.25 bits per heavy atom. The molecule has 2 aromatic carbocycles. The summed E-state index contributed by atoms with van der Waals surface area (Å²) in [6, 6.07) is 12.1. The molecule has 0 aromatic heterocycles. The lowest BCUT2D eigenvalue weighted by Gasteiger charge is -2.14. The van der Waals surface area contributed by atoms with Crippen LogP contribution in [0.4, 0.5) is 24.5 Å². The van der Waals surface area contributed by atoms with Gasteiger partial charge in [-0.15, -0.1) is 0 Å². The number of benzene rings is 2. The number of amides is 1. The lowest BCUT2D eigenvalue weighted by molar-refractivity contribution is -0.137. The molecule has 0 radical (unpaired) electrons. The van der Waals surface area contributed by atoms with Crippen molar-refractivity contribution < 1.29 is 18.0 Å². The predicted molar refractivity (Wildman–Crippen MR) is 89.1 cm³/mol. The maximum Gasteiger partial charge on any atom is 0.416 e. The minimum Gasteiger partial charge on any atom is -0.376 e. The Morgan fingerprint density at radius 2 is 1.67 bits per heavy atom. The van der Waals surface area contributed by atoms with E-state index in [1.165, 1.54) is 12.1 Å². The molecule has 128 valence electrons. The molecule has 0 bridgehead atoms. The molecular weight excluding hydrogens is 317 g/mol. The maximum atomic E-state index is 12.5. The second-order valence-corrected chi connectivity index (χ2v) is 5.72. The summed E-state index contributed by atoms with van der Waals surface area (Å²) < 4.78 is 37.5. The maximum absolute atomic E-state index is 12.5. The highest BCUT2D eigenvalue weighted by Gasteiger charge is 2.29. The van der Waals surface area contributed by atoms with Gasteiger partial charge in [0.05, 0.1) is 12.1 Å². The fourth-order valence-corrected chi connectivity index (χ4v) is 2.27. The van der Waals surface area contributed by atoms with Crippen LogP contribution in [0.15, 0.2) is 48.5 Å². The van der Waals surface area contributed by atoms with Gasteiger partial charge in [0.2, 0.25) is 5.91 Å². The summed E-state index contributed by atoms with van der Waals surface area (Å²) >= 11 is 0. The van der Waals surface area contributed by atoms with Gasteiger partial charge in [-0.3, -0.25) is 4.79 Å². The van der Waals surface area contributed by atoms with Crippen LogP contribution in [0.2, 0.25) is 0 Å². The van der Waals surface area contributed by atoms with Crippen molar-refractivity contribution in [2.45, 2.75) is 25.9 Å². The van der Waals surface area contributed by atoms with Gasteiger partial charge in [-0.25, -0.2) is 0 Å². The number of halogens is 3. The number of hydrogen-bond donors (Lipinski definition) is 2. The van der Waals surface area contributed by atoms with E-state index in [9.17, 15) is 18.0 Å². The van der Waals surface area contributed by atoms with Crippen LogP contribution in [-0.2, 0) is 11.0 Å². The average molecular weight is 336 g/mol. The van der Waals surface area contributed by atoms with Crippen molar-refractivity contribution in [3.63, 3.8) is 0 Å². The van der Waals surface area contributed by atoms with E-state index in [0.717, 1.165) is 23.4 Å². The summed E-state index contributed by atoms with van der Waals surface area (Å²) in [5, 5.41) is 5.63. The topological polar surface area (TPSA) is 41.1 Å². The third-order valence-corrected chi connectivity index (χ3v) is 3.52. The zero-order valence-corrected chi connectivity index (χ0v) is 13.4. The van der Waals surface area contributed by atoms with Gasteiger partial charge in [0.15, 0.2) is 0 Å². The molecule has 24 heavy (non-hydrogen) atoms. The van der Waals surface area contributed by atoms with Gasteiger partial charge < -0.3 is 10.6 Å². The Morgan fingerprint density at radius 1 is 1.04 bits per heavy atom. The Labute approximate surface area is 138 Å². The van der Waals surface area contributed by atoms with E-state index in [1.807, 2.05) is 38.1 Å². The quantitative estimate of drug-likeness (QED) is 0.817. The molecule has 6 heteroatoms. The van der Waals surface area contributed by atoms with Crippen molar-refractivity contribution in [2.24, 2.45) is 0 Å². The van der Waals surface area contributed by atoms with Crippen LogP contribution in [-0.4, -0.2) is 12.5 Å². The zero-order valence-electron chi connectivity index (χ0n) is 13.4. The molecule has 2 rings (SSSR count). The normalized spacial score (nSPS) is 11.4. The zero-order chi connectivity index (χ0) is 17.7. The molecule has 0 unspecified atom stereocenters. The van der Waals surface area contributed by atoms with E-state index in [-0.39, 0.29) is 18.4 Å². The molecule has 2 N–H and O–H groups in total. The highest BCUT2D eigenvalue weighted by molar-refractivity contribution is 5.94. The molecule has 0 aliphatic carbocycles. The Kier molecular flexibility index (Phi) is 5.49. The van der Waals surface area contributed by atoms with Crippen LogP contribution in [0.1, 0.15) is 30.9 Å². The van der Waals surface area contributed by atoms with E-state index in [1.54, 1.807) is 0 Å². The summed E-state index contributed by atoms with van der Waals surface area (Å²) in [6.07, 6.45) is -4.36. The fourth-order valence-electron chi connectivity index (χ4n) is 2.27. The van der Waals surface area contributed by atoms with Crippen molar-refractivity contribution >= 4 is 17.3 Å². The summed E-state index contributed by atoms with van der Waals surface area (Å²) in [7, 11) is 0. The molecule has 0 saturated heterocycles. The summed E-state index contributed by atoms with van der Waals surface area (Å²) in [5.41, 5.74) is 1.51. The minimum absolute atomic E-state index is 0.0300. The first-order valence-corrected chi connectivity index (χ1v) is 7.57. The third-order valence-electron chi connectivity index (χ3n) is 3.52. The Bertz CT molecular complexity index is 694. The Hall–Kier alpha value is -2.50. The van der Waals surface area contributed by atoms with E-state index in [2.05, 4.69) is 10.6 Å². The van der Waals surface area contributed by atoms with Crippen LogP contribution in [0.3, 0.4) is 0 Å². The number of anilines is 2. The Balaban J connectivity index is 1.94. The number of rotatable bonds is 5. The third kappa shape index (κ3) is 4.75. The molecule has 3 nitrogen and oxygen atoms in total. The van der Waals surface area contributed by atoms with Gasteiger partial charge in [-0.2, -0.15) is 13.2 Å². The van der Waals surface area contributed by atoms with Crippen molar-refractivity contribution in [3.05, 3.63) is 59.7 Å². The number of para-hydroxylation sites is 1. The molecular formula is C18H19F3N2O. The summed E-state index contributed by atoms with van der Waals surface area (Å²) in [6.45, 7) is 4.04. The first-order valence-electron chi connectivity index (χ1n) is 7.57. The van der Waals surface area contributed by atoms with Gasteiger partial charge in [-0.1, -0.05) is 32.0 Å². The van der Waals surface area contributed by atoms with Crippen molar-refractivity contribution in [3.8, 4) is 0 Å². The molecule has 0 fully saturated rings. The first kappa shape index (κ1) is 17.8. The lowest BCUT2D eigenvalue weighted by Crippen LogP contribution is -2.22. The second kappa shape index (κ2) is 7.38. The smallest absolute Gasteiger partial charge is 0.376 e. The average Bonchev–Trinajstić information content (AvgIpc) is 2.53. The van der Waals surface area contributed by atoms with Gasteiger partial charge in [0, 0.05) is 11.4 Å². The molecule has 0 saturated carbocycles. The van der Waals surface area contributed by atoms with E-state index < -0.39 is 11.7 Å². The van der Waals surface area contributed by atoms with E-state index in [4.69, 9.17) is 0 Å². The van der Waals surface area contributed by atoms with Crippen LogP contribution in [0.25, 0.3) is 0 Å². The van der Waals surface area contributed by atoms with Crippen LogP contribution in [0.5, 0.6) is 0 Å². The molecule has 0 spiro atoms. The lowest BCUT2D eigenvalue weighted by atomic mass is 10.0. The predicted octanol–water partition coefficient (Wildman–Crippen LogP) is 4.88. The second-order valence-electron chi connectivity index (χ2n) is 5.72. The van der Waals surface area contributed by atoms with Crippen molar-refractivity contribution in [2.75, 3.05) is 17.2 Å². The van der Waals surface area contributed by atoms with E-state index >= 15 is 0 Å². The highest BCUT2D eigenvalue weighted by atomic mass is 19.4. The number of alkyl halides is 3. The van der Waals surface area contributed by atoms with Crippen LogP contribution >= 0.6 is 0 Å². The van der Waals surface area contributed by atoms with Crippen molar-refractivity contribution in [1.29, 1.82) is 0 Å². The summed E-state index contributed by atoms with van der Waals surface area (Å²) in [5.74, 6) is 0.00682. The highest BCUT2D eigenvalue weighted by Crippen LogP contribution is 2.29. The number of nitrogens with one attached hydrogen (secondary N) is 2. The van der Waals surface area contributed by atoms with Gasteiger partial charge in [-0.05, 0) is 41.8 Å². The van der Waals surface area contributed by atoms with Gasteiger partial charge >= 0.3 is 6.18 Å². The fraction of sp³-hybridized carbons (Fsp3) is 0.278. The standard InChI is InChI=1S/C18H19F3N2O/c1-12(2)15-5-3-4-6-16(15)23-17(24)11-22-14-9-7-13(8-10-14)18(19,20)21/h3-10,12,22H,11H2,1-2H3,(H,23,24). The first-order chi connectivity index (χ1) is 11.3. The number of hydrogen-bond acceptors (Lipinski definition) is 2. The monoisotopic (exact) mass is 336 g/mol. The molecule has 0 aliphatic rings. The summed E-state index contributed by atoms with van der Waals surface area (Å²) in [4.78, 5) is 12.0. The molecule has 0 aliphatic heterocycles. The largest absolute Gasteiger partial charge is 0.416 e. The van der Waals surface area contributed by atoms with Gasteiger partial charge in [0.25, 0.3) is 0 Å². The van der Waals surface area contributed by atoms with Crippen LogP contribution < -0.4 is 10.6 Å². The minimum atomic E-state index is -4.36.